The Morgan fingerprint density at radius 3 is 2.46 bits per heavy atom. The molecule has 1 heterocycles. The summed E-state index contributed by atoms with van der Waals surface area (Å²) in [6, 6.07) is 15.6. The molecule has 1 fully saturated rings. The van der Waals surface area contributed by atoms with Crippen molar-refractivity contribution in [2.75, 3.05) is 6.61 Å². The number of aliphatic hydroxyl groups excluding tert-OH is 2. The van der Waals surface area contributed by atoms with E-state index in [1.165, 1.54) is 0 Å². The number of aliphatic hydroxyl groups is 3. The van der Waals surface area contributed by atoms with Gasteiger partial charge in [-0.25, -0.2) is 0 Å². The molecule has 0 radical (unpaired) electrons. The van der Waals surface area contributed by atoms with Crippen LogP contribution < -0.4 is 0 Å². The van der Waals surface area contributed by atoms with Gasteiger partial charge in [-0.15, -0.1) is 0 Å². The molecule has 1 saturated heterocycles. The molecule has 5 nitrogen and oxygen atoms in total. The maximum atomic E-state index is 10.1. The molecular formula is C23H27NO4. The summed E-state index contributed by atoms with van der Waals surface area (Å²) < 4.78 is 5.90. The van der Waals surface area contributed by atoms with E-state index in [1.54, 1.807) is 19.9 Å². The van der Waals surface area contributed by atoms with Crippen LogP contribution in [0.5, 0.6) is 0 Å². The van der Waals surface area contributed by atoms with Gasteiger partial charge in [0.25, 0.3) is 0 Å². The van der Waals surface area contributed by atoms with E-state index in [0.717, 1.165) is 22.3 Å². The fraction of sp³-hybridized carbons (Fsp3) is 0.435. The lowest BCUT2D eigenvalue weighted by molar-refractivity contribution is -0.113. The lowest BCUT2D eigenvalue weighted by Gasteiger charge is -2.32. The van der Waals surface area contributed by atoms with Crippen LogP contribution in [0.15, 0.2) is 42.5 Å². The Labute approximate surface area is 165 Å². The van der Waals surface area contributed by atoms with E-state index in [-0.39, 0.29) is 18.8 Å². The standard InChI is InChI=1S/C23H27NO4/c1-23(2,27)19-7-3-15(4-8-19)9-18-10-16(5-6-17(18)13-24)22-12-20(26)11-21(14-25)28-22/h3-8,10,20-22,25-27H,9,11-12,14H2,1-2H3/t20?,21-,22?/m0/s1. The second-order valence-electron chi connectivity index (χ2n) is 8.02. The van der Waals surface area contributed by atoms with Crippen molar-refractivity contribution in [3.8, 4) is 6.07 Å². The molecule has 1 aliphatic heterocycles. The Kier molecular flexibility index (Phi) is 6.17. The smallest absolute Gasteiger partial charge is 0.0994 e. The number of hydrogen-bond acceptors (Lipinski definition) is 5. The Bertz CT molecular complexity index is 848. The number of nitriles is 1. The van der Waals surface area contributed by atoms with Crippen LogP contribution in [0.2, 0.25) is 0 Å². The molecule has 3 rings (SSSR count). The van der Waals surface area contributed by atoms with Crippen LogP contribution >= 0.6 is 0 Å². The maximum absolute atomic E-state index is 10.1. The predicted molar refractivity (Wildman–Crippen MR) is 106 cm³/mol. The third kappa shape index (κ3) is 4.78. The third-order valence-electron chi connectivity index (χ3n) is 5.26. The first-order valence-corrected chi connectivity index (χ1v) is 9.59. The molecule has 148 valence electrons. The molecule has 0 saturated carbocycles. The van der Waals surface area contributed by atoms with E-state index in [0.29, 0.717) is 24.8 Å². The van der Waals surface area contributed by atoms with Gasteiger partial charge in [0, 0.05) is 12.8 Å². The fourth-order valence-corrected chi connectivity index (χ4v) is 3.64. The molecule has 0 aliphatic carbocycles. The second kappa shape index (κ2) is 8.42. The summed E-state index contributed by atoms with van der Waals surface area (Å²) in [5.41, 5.74) is 3.38. The van der Waals surface area contributed by atoms with Crippen LogP contribution in [0.1, 0.15) is 60.6 Å². The normalized spacial score (nSPS) is 22.6. The summed E-state index contributed by atoms with van der Waals surface area (Å²) in [5.74, 6) is 0. The van der Waals surface area contributed by atoms with Crippen molar-refractivity contribution in [2.24, 2.45) is 0 Å². The summed E-state index contributed by atoms with van der Waals surface area (Å²) in [6.45, 7) is 3.37. The van der Waals surface area contributed by atoms with Gasteiger partial charge >= 0.3 is 0 Å². The summed E-state index contributed by atoms with van der Waals surface area (Å²) >= 11 is 0. The second-order valence-corrected chi connectivity index (χ2v) is 8.02. The number of nitrogens with zero attached hydrogens (tertiary/aromatic N) is 1. The minimum absolute atomic E-state index is 0.121. The number of ether oxygens (including phenoxy) is 1. The molecule has 0 bridgehead atoms. The molecule has 5 heteroatoms. The predicted octanol–water partition coefficient (Wildman–Crippen LogP) is 2.95. The van der Waals surface area contributed by atoms with Crippen molar-refractivity contribution in [3.05, 3.63) is 70.3 Å². The molecule has 28 heavy (non-hydrogen) atoms. The highest BCUT2D eigenvalue weighted by molar-refractivity contribution is 5.44. The zero-order valence-electron chi connectivity index (χ0n) is 16.3. The van der Waals surface area contributed by atoms with Gasteiger partial charge < -0.3 is 20.1 Å². The zero-order chi connectivity index (χ0) is 20.3. The minimum atomic E-state index is -0.890. The van der Waals surface area contributed by atoms with Crippen molar-refractivity contribution in [2.45, 2.75) is 57.0 Å². The van der Waals surface area contributed by atoms with Crippen molar-refractivity contribution >= 4 is 0 Å². The molecule has 1 aliphatic rings. The van der Waals surface area contributed by atoms with E-state index in [1.807, 2.05) is 36.4 Å². The average molecular weight is 381 g/mol. The summed E-state index contributed by atoms with van der Waals surface area (Å²) in [5, 5.41) is 39.0. The number of benzene rings is 2. The third-order valence-corrected chi connectivity index (χ3v) is 5.26. The van der Waals surface area contributed by atoms with E-state index >= 15 is 0 Å². The topological polar surface area (TPSA) is 93.7 Å². The van der Waals surface area contributed by atoms with Crippen LogP contribution in [0.3, 0.4) is 0 Å². The van der Waals surface area contributed by atoms with Gasteiger partial charge in [-0.2, -0.15) is 5.26 Å². The van der Waals surface area contributed by atoms with Crippen molar-refractivity contribution in [1.29, 1.82) is 5.26 Å². The molecule has 2 unspecified atom stereocenters. The highest BCUT2D eigenvalue weighted by Gasteiger charge is 2.29. The van der Waals surface area contributed by atoms with Gasteiger partial charge in [-0.1, -0.05) is 36.4 Å². The van der Waals surface area contributed by atoms with Gasteiger partial charge in [0.1, 0.15) is 0 Å². The maximum Gasteiger partial charge on any atom is 0.0994 e. The van der Waals surface area contributed by atoms with Gasteiger partial charge in [-0.3, -0.25) is 0 Å². The molecule has 0 amide bonds. The first kappa shape index (κ1) is 20.5. The van der Waals surface area contributed by atoms with Gasteiger partial charge in [0.2, 0.25) is 0 Å². The molecule has 2 aromatic rings. The van der Waals surface area contributed by atoms with E-state index in [2.05, 4.69) is 6.07 Å². The Balaban J connectivity index is 1.84. The first-order valence-electron chi connectivity index (χ1n) is 9.59. The summed E-state index contributed by atoms with van der Waals surface area (Å²) in [7, 11) is 0. The lowest BCUT2D eigenvalue weighted by Crippen LogP contribution is -2.33. The van der Waals surface area contributed by atoms with Crippen LogP contribution in [0, 0.1) is 11.3 Å². The average Bonchev–Trinajstić information content (AvgIpc) is 2.67. The van der Waals surface area contributed by atoms with Gasteiger partial charge in [0.15, 0.2) is 0 Å². The molecule has 0 aromatic heterocycles. The molecule has 2 aromatic carbocycles. The highest BCUT2D eigenvalue weighted by Crippen LogP contribution is 2.33. The Morgan fingerprint density at radius 2 is 1.86 bits per heavy atom. The number of rotatable bonds is 5. The van der Waals surface area contributed by atoms with Crippen molar-refractivity contribution in [1.82, 2.24) is 0 Å². The summed E-state index contributed by atoms with van der Waals surface area (Å²) in [4.78, 5) is 0. The molecular weight excluding hydrogens is 354 g/mol. The van der Waals surface area contributed by atoms with Gasteiger partial charge in [0.05, 0.1) is 42.2 Å². The van der Waals surface area contributed by atoms with Crippen LogP contribution in [-0.2, 0) is 16.8 Å². The van der Waals surface area contributed by atoms with Crippen LogP contribution in [-0.4, -0.2) is 34.1 Å². The SMILES string of the molecule is CC(C)(O)c1ccc(Cc2cc(C3CC(O)C[C@@H](CO)O3)ccc2C#N)cc1. The Morgan fingerprint density at radius 1 is 1.14 bits per heavy atom. The van der Waals surface area contributed by atoms with Crippen LogP contribution in [0.4, 0.5) is 0 Å². The van der Waals surface area contributed by atoms with E-state index < -0.39 is 11.7 Å². The van der Waals surface area contributed by atoms with Gasteiger partial charge in [-0.05, 0) is 48.6 Å². The Hall–Kier alpha value is -2.23. The number of hydrogen-bond donors (Lipinski definition) is 3. The van der Waals surface area contributed by atoms with Crippen molar-refractivity contribution < 1.29 is 20.1 Å². The zero-order valence-corrected chi connectivity index (χ0v) is 16.3. The summed E-state index contributed by atoms with van der Waals surface area (Å²) in [6.07, 6.45) is 0.310. The largest absolute Gasteiger partial charge is 0.394 e. The van der Waals surface area contributed by atoms with E-state index in [9.17, 15) is 20.6 Å². The van der Waals surface area contributed by atoms with E-state index in [4.69, 9.17) is 4.74 Å². The highest BCUT2D eigenvalue weighted by atomic mass is 16.5. The van der Waals surface area contributed by atoms with Crippen molar-refractivity contribution in [3.63, 3.8) is 0 Å². The molecule has 3 atom stereocenters. The monoisotopic (exact) mass is 381 g/mol. The fourth-order valence-electron chi connectivity index (χ4n) is 3.64. The molecule has 3 N–H and O–H groups in total. The minimum Gasteiger partial charge on any atom is -0.394 e. The first-order chi connectivity index (χ1) is 13.3. The lowest BCUT2D eigenvalue weighted by atomic mass is 9.91. The van der Waals surface area contributed by atoms with Crippen LogP contribution in [0.25, 0.3) is 0 Å². The molecule has 0 spiro atoms. The quantitative estimate of drug-likeness (QED) is 0.740.